The zero-order valence-corrected chi connectivity index (χ0v) is 14.1. The largest absolute Gasteiger partial charge is 0.295 e. The number of nitrogens with zero attached hydrogens (tertiary/aromatic N) is 2. The Labute approximate surface area is 144 Å². The summed E-state index contributed by atoms with van der Waals surface area (Å²) in [5.74, 6) is -0.693. The van der Waals surface area contributed by atoms with Gasteiger partial charge < -0.3 is 0 Å². The highest BCUT2D eigenvalue weighted by Gasteiger charge is 2.45. The summed E-state index contributed by atoms with van der Waals surface area (Å²) in [6.07, 6.45) is 0. The van der Waals surface area contributed by atoms with Crippen molar-refractivity contribution in [3.8, 4) is 0 Å². The van der Waals surface area contributed by atoms with Gasteiger partial charge in [-0.15, -0.1) is 0 Å². The van der Waals surface area contributed by atoms with Gasteiger partial charge in [-0.05, 0) is 48.5 Å². The van der Waals surface area contributed by atoms with Crippen LogP contribution in [0.2, 0.25) is 0 Å². The predicted molar refractivity (Wildman–Crippen MR) is 95.0 cm³/mol. The van der Waals surface area contributed by atoms with E-state index in [1.54, 1.807) is 30.3 Å². The number of para-hydroxylation sites is 1. The van der Waals surface area contributed by atoms with E-state index >= 15 is 0 Å². The van der Waals surface area contributed by atoms with Crippen molar-refractivity contribution in [2.75, 3.05) is 9.80 Å². The lowest BCUT2D eigenvalue weighted by atomic mass is 10.2. The molecule has 122 valence electrons. The van der Waals surface area contributed by atoms with Crippen LogP contribution in [0.4, 0.5) is 16.2 Å². The van der Waals surface area contributed by atoms with Gasteiger partial charge in [0.15, 0.2) is 5.37 Å². The number of hydrogen-bond acceptors (Lipinski definition) is 4. The van der Waals surface area contributed by atoms with Crippen LogP contribution in [0, 0.1) is 6.92 Å². The first-order valence-corrected chi connectivity index (χ1v) is 8.33. The maximum atomic E-state index is 12.8. The van der Waals surface area contributed by atoms with E-state index in [1.807, 2.05) is 31.2 Å². The van der Waals surface area contributed by atoms with Crippen LogP contribution in [-0.2, 0) is 9.59 Å². The number of carbonyl (C=O) groups is 3. The second kappa shape index (κ2) is 6.49. The molecule has 1 aliphatic rings. The van der Waals surface area contributed by atoms with E-state index in [-0.39, 0.29) is 11.1 Å². The second-order valence-electron chi connectivity index (χ2n) is 5.47. The number of anilines is 2. The molecule has 6 heteroatoms. The molecule has 0 aliphatic carbocycles. The van der Waals surface area contributed by atoms with Crippen molar-refractivity contribution < 1.29 is 14.4 Å². The zero-order chi connectivity index (χ0) is 17.3. The van der Waals surface area contributed by atoms with Gasteiger partial charge >= 0.3 is 0 Å². The van der Waals surface area contributed by atoms with Crippen LogP contribution in [0.3, 0.4) is 0 Å². The number of thioether (sulfide) groups is 1. The molecule has 0 aromatic heterocycles. The van der Waals surface area contributed by atoms with Gasteiger partial charge in [-0.2, -0.15) is 0 Å². The molecule has 0 unspecified atom stereocenters. The van der Waals surface area contributed by atoms with Crippen LogP contribution in [0.15, 0.2) is 54.6 Å². The molecule has 5 nitrogen and oxygen atoms in total. The van der Waals surface area contributed by atoms with E-state index in [0.717, 1.165) is 22.2 Å². The molecule has 3 rings (SSSR count). The summed E-state index contributed by atoms with van der Waals surface area (Å²) in [7, 11) is 0. The number of imide groups is 1. The van der Waals surface area contributed by atoms with Crippen LogP contribution in [0.1, 0.15) is 12.5 Å². The lowest BCUT2D eigenvalue weighted by molar-refractivity contribution is -0.121. The van der Waals surface area contributed by atoms with Crippen molar-refractivity contribution in [1.29, 1.82) is 0 Å². The van der Waals surface area contributed by atoms with E-state index in [1.165, 1.54) is 11.8 Å². The third-order valence-corrected chi connectivity index (χ3v) is 4.71. The molecule has 1 aliphatic heterocycles. The van der Waals surface area contributed by atoms with Crippen LogP contribution in [0.25, 0.3) is 0 Å². The normalized spacial score (nSPS) is 17.2. The monoisotopic (exact) mass is 340 g/mol. The average molecular weight is 340 g/mol. The molecule has 3 amide bonds. The third-order valence-electron chi connectivity index (χ3n) is 3.69. The first-order chi connectivity index (χ1) is 11.5. The SMILES string of the molecule is CC(=O)N(c1cccc(C)c1)[C@H]1SC(=O)N(c2ccccc2)C1=O. The highest BCUT2D eigenvalue weighted by atomic mass is 32.2. The highest BCUT2D eigenvalue weighted by molar-refractivity contribution is 8.16. The molecule has 24 heavy (non-hydrogen) atoms. The minimum atomic E-state index is -0.892. The second-order valence-corrected chi connectivity index (χ2v) is 6.50. The van der Waals surface area contributed by atoms with Crippen molar-refractivity contribution >= 4 is 40.2 Å². The minimum Gasteiger partial charge on any atom is -0.290 e. The molecule has 1 fully saturated rings. The summed E-state index contributed by atoms with van der Waals surface area (Å²) in [5, 5.41) is -1.27. The van der Waals surface area contributed by atoms with Crippen molar-refractivity contribution in [2.24, 2.45) is 0 Å². The number of hydrogen-bond donors (Lipinski definition) is 0. The molecule has 2 aromatic rings. The quantitative estimate of drug-likeness (QED) is 0.857. The fraction of sp³-hybridized carbons (Fsp3) is 0.167. The number of rotatable bonds is 3. The summed E-state index contributed by atoms with van der Waals surface area (Å²) in [4.78, 5) is 39.8. The Kier molecular flexibility index (Phi) is 4.40. The van der Waals surface area contributed by atoms with Gasteiger partial charge in [-0.25, -0.2) is 4.90 Å². The van der Waals surface area contributed by atoms with E-state index in [0.29, 0.717) is 11.4 Å². The van der Waals surface area contributed by atoms with Crippen LogP contribution >= 0.6 is 11.8 Å². The molecule has 0 N–H and O–H groups in total. The minimum absolute atomic E-state index is 0.283. The van der Waals surface area contributed by atoms with Crippen LogP contribution in [-0.4, -0.2) is 22.4 Å². The van der Waals surface area contributed by atoms with Crippen molar-refractivity contribution in [2.45, 2.75) is 19.2 Å². The summed E-state index contributed by atoms with van der Waals surface area (Å²) < 4.78 is 0. The standard InChI is InChI=1S/C18H16N2O3S/c1-12-7-6-10-15(11-12)19(13(2)21)17-16(22)20(18(23)24-17)14-8-4-3-5-9-14/h3-11,17H,1-2H3/t17-/m0/s1. The van der Waals surface area contributed by atoms with Gasteiger partial charge in [-0.1, -0.05) is 30.3 Å². The summed E-state index contributed by atoms with van der Waals surface area (Å²) in [5.41, 5.74) is 2.09. The molecule has 0 radical (unpaired) electrons. The van der Waals surface area contributed by atoms with Gasteiger partial charge in [-0.3, -0.25) is 19.3 Å². The van der Waals surface area contributed by atoms with E-state index < -0.39 is 11.3 Å². The summed E-state index contributed by atoms with van der Waals surface area (Å²) in [6.45, 7) is 3.30. The Hall–Kier alpha value is -2.60. The Balaban J connectivity index is 1.97. The smallest absolute Gasteiger partial charge is 0.290 e. The van der Waals surface area contributed by atoms with Gasteiger partial charge in [0.05, 0.1) is 5.69 Å². The van der Waals surface area contributed by atoms with Crippen molar-refractivity contribution in [3.05, 3.63) is 60.2 Å². The van der Waals surface area contributed by atoms with E-state index in [9.17, 15) is 14.4 Å². The molecule has 0 saturated carbocycles. The fourth-order valence-electron chi connectivity index (χ4n) is 2.63. The number of aryl methyl sites for hydroxylation is 1. The first kappa shape index (κ1) is 16.3. The first-order valence-electron chi connectivity index (χ1n) is 7.45. The molecule has 0 bridgehead atoms. The summed E-state index contributed by atoms with van der Waals surface area (Å²) in [6, 6.07) is 16.0. The number of benzene rings is 2. The van der Waals surface area contributed by atoms with E-state index in [2.05, 4.69) is 0 Å². The predicted octanol–water partition coefficient (Wildman–Crippen LogP) is 3.57. The van der Waals surface area contributed by atoms with Crippen LogP contribution < -0.4 is 9.80 Å². The van der Waals surface area contributed by atoms with Gasteiger partial charge in [0.2, 0.25) is 5.91 Å². The molecule has 1 saturated heterocycles. The Morgan fingerprint density at radius 3 is 2.42 bits per heavy atom. The average Bonchev–Trinajstić information content (AvgIpc) is 2.83. The zero-order valence-electron chi connectivity index (χ0n) is 13.3. The Morgan fingerprint density at radius 1 is 1.08 bits per heavy atom. The third kappa shape index (κ3) is 2.92. The van der Waals surface area contributed by atoms with Gasteiger partial charge in [0, 0.05) is 12.6 Å². The highest BCUT2D eigenvalue weighted by Crippen LogP contribution is 2.36. The maximum Gasteiger partial charge on any atom is 0.295 e. The lowest BCUT2D eigenvalue weighted by Gasteiger charge is -2.25. The fourth-order valence-corrected chi connectivity index (χ4v) is 3.71. The Bertz CT molecular complexity index is 807. The van der Waals surface area contributed by atoms with Gasteiger partial charge in [0.1, 0.15) is 0 Å². The van der Waals surface area contributed by atoms with E-state index in [4.69, 9.17) is 0 Å². The van der Waals surface area contributed by atoms with Gasteiger partial charge in [0.25, 0.3) is 11.1 Å². The number of amides is 3. The topological polar surface area (TPSA) is 57.7 Å². The lowest BCUT2D eigenvalue weighted by Crippen LogP contribution is -2.44. The molecule has 0 spiro atoms. The molecule has 1 heterocycles. The van der Waals surface area contributed by atoms with Crippen molar-refractivity contribution in [1.82, 2.24) is 0 Å². The summed E-state index contributed by atoms with van der Waals surface area (Å²) >= 11 is 0.856. The maximum absolute atomic E-state index is 12.8. The van der Waals surface area contributed by atoms with Crippen LogP contribution in [0.5, 0.6) is 0 Å². The molecular formula is C18H16N2O3S. The Morgan fingerprint density at radius 2 is 1.79 bits per heavy atom. The number of carbonyl (C=O) groups excluding carboxylic acids is 3. The molecular weight excluding hydrogens is 324 g/mol. The molecule has 2 aromatic carbocycles. The molecule has 1 atom stereocenters. The van der Waals surface area contributed by atoms with Crippen molar-refractivity contribution in [3.63, 3.8) is 0 Å².